The number of rotatable bonds is 3. The fraction of sp³-hybridized carbons (Fsp3) is 0.154. The van der Waals surface area contributed by atoms with E-state index in [0.29, 0.717) is 17.0 Å². The summed E-state index contributed by atoms with van der Waals surface area (Å²) in [5, 5.41) is 0. The van der Waals surface area contributed by atoms with E-state index in [0.717, 1.165) is 4.47 Å². The van der Waals surface area contributed by atoms with Crippen molar-refractivity contribution in [2.24, 2.45) is 5.73 Å². The molecule has 0 spiro atoms. The topological polar surface area (TPSA) is 48.1 Å². The zero-order valence-corrected chi connectivity index (χ0v) is 11.3. The summed E-state index contributed by atoms with van der Waals surface area (Å²) in [6, 6.07) is 7.34. The molecule has 1 aromatic carbocycles. The van der Waals surface area contributed by atoms with Crippen LogP contribution in [0.1, 0.15) is 17.3 Å². The maximum atomic E-state index is 13.3. The Morgan fingerprint density at radius 1 is 1.39 bits per heavy atom. The van der Waals surface area contributed by atoms with E-state index in [9.17, 15) is 4.39 Å². The molecular formula is C13H12BrFN2O. The van der Waals surface area contributed by atoms with Crippen molar-refractivity contribution in [3.8, 4) is 5.75 Å². The van der Waals surface area contributed by atoms with Crippen LogP contribution in [-0.2, 0) is 0 Å². The largest absolute Gasteiger partial charge is 0.496 e. The van der Waals surface area contributed by atoms with Crippen molar-refractivity contribution in [1.29, 1.82) is 0 Å². The molecule has 1 unspecified atom stereocenters. The fourth-order valence-electron chi connectivity index (χ4n) is 1.72. The Kier molecular flexibility index (Phi) is 3.93. The van der Waals surface area contributed by atoms with E-state index in [1.807, 2.05) is 6.07 Å². The van der Waals surface area contributed by atoms with E-state index in [1.165, 1.54) is 19.2 Å². The van der Waals surface area contributed by atoms with Crippen LogP contribution >= 0.6 is 15.9 Å². The van der Waals surface area contributed by atoms with Crippen molar-refractivity contribution >= 4 is 15.9 Å². The van der Waals surface area contributed by atoms with Gasteiger partial charge >= 0.3 is 0 Å². The third kappa shape index (κ3) is 2.52. The predicted molar refractivity (Wildman–Crippen MR) is 70.9 cm³/mol. The summed E-state index contributed by atoms with van der Waals surface area (Å²) in [4.78, 5) is 4.21. The summed E-state index contributed by atoms with van der Waals surface area (Å²) in [7, 11) is 1.52. The number of pyridine rings is 1. The Morgan fingerprint density at radius 2 is 2.17 bits per heavy atom. The zero-order valence-electron chi connectivity index (χ0n) is 9.73. The molecule has 0 radical (unpaired) electrons. The van der Waals surface area contributed by atoms with Gasteiger partial charge in [0.15, 0.2) is 0 Å². The third-order valence-electron chi connectivity index (χ3n) is 2.61. The molecule has 18 heavy (non-hydrogen) atoms. The number of benzene rings is 1. The van der Waals surface area contributed by atoms with Gasteiger partial charge in [0.25, 0.3) is 0 Å². The minimum atomic E-state index is -0.550. The van der Waals surface area contributed by atoms with E-state index in [1.54, 1.807) is 18.3 Å². The predicted octanol–water partition coefficient (Wildman–Crippen LogP) is 3.04. The van der Waals surface area contributed by atoms with Crippen molar-refractivity contribution in [2.75, 3.05) is 7.11 Å². The lowest BCUT2D eigenvalue weighted by Crippen LogP contribution is -2.15. The molecule has 0 saturated heterocycles. The van der Waals surface area contributed by atoms with E-state index < -0.39 is 6.04 Å². The van der Waals surface area contributed by atoms with Crippen molar-refractivity contribution in [3.63, 3.8) is 0 Å². The van der Waals surface area contributed by atoms with Gasteiger partial charge in [-0.15, -0.1) is 0 Å². The summed E-state index contributed by atoms with van der Waals surface area (Å²) in [5.74, 6) is 0.190. The van der Waals surface area contributed by atoms with Crippen molar-refractivity contribution in [2.45, 2.75) is 6.04 Å². The highest BCUT2D eigenvalue weighted by molar-refractivity contribution is 9.10. The van der Waals surface area contributed by atoms with E-state index in [-0.39, 0.29) is 5.82 Å². The quantitative estimate of drug-likeness (QED) is 0.948. The third-order valence-corrected chi connectivity index (χ3v) is 3.28. The van der Waals surface area contributed by atoms with Crippen LogP contribution in [-0.4, -0.2) is 12.1 Å². The van der Waals surface area contributed by atoms with Gasteiger partial charge in [-0.25, -0.2) is 4.39 Å². The zero-order chi connectivity index (χ0) is 13.1. The van der Waals surface area contributed by atoms with Crippen molar-refractivity contribution < 1.29 is 9.13 Å². The van der Waals surface area contributed by atoms with Crippen molar-refractivity contribution in [1.82, 2.24) is 4.98 Å². The molecule has 94 valence electrons. The molecule has 0 amide bonds. The maximum Gasteiger partial charge on any atom is 0.124 e. The number of methoxy groups -OCH3 is 1. The van der Waals surface area contributed by atoms with Crippen LogP contribution in [0.25, 0.3) is 0 Å². The van der Waals surface area contributed by atoms with Crippen LogP contribution in [0, 0.1) is 5.82 Å². The van der Waals surface area contributed by atoms with Gasteiger partial charge in [0.05, 0.1) is 18.8 Å². The first kappa shape index (κ1) is 13.0. The smallest absolute Gasteiger partial charge is 0.124 e. The molecule has 3 nitrogen and oxygen atoms in total. The summed E-state index contributed by atoms with van der Waals surface area (Å²) < 4.78 is 19.3. The normalized spacial score (nSPS) is 12.2. The van der Waals surface area contributed by atoms with Gasteiger partial charge in [0, 0.05) is 16.2 Å². The molecule has 5 heteroatoms. The van der Waals surface area contributed by atoms with Crippen LogP contribution in [0.4, 0.5) is 4.39 Å². The van der Waals surface area contributed by atoms with Gasteiger partial charge in [-0.2, -0.15) is 0 Å². The standard InChI is InChI=1S/C13H12BrFN2O/c1-18-11-5-4-8(15)7-9(11)12(16)13-10(14)3-2-6-17-13/h2-7,12H,16H2,1H3. The SMILES string of the molecule is COc1ccc(F)cc1C(N)c1ncccc1Br. The van der Waals surface area contributed by atoms with Gasteiger partial charge in [-0.3, -0.25) is 4.98 Å². The average molecular weight is 311 g/mol. The van der Waals surface area contributed by atoms with Crippen LogP contribution in [0.2, 0.25) is 0 Å². The number of halogens is 2. The molecule has 2 rings (SSSR count). The molecule has 1 atom stereocenters. The average Bonchev–Trinajstić information content (AvgIpc) is 2.38. The lowest BCUT2D eigenvalue weighted by atomic mass is 10.0. The summed E-state index contributed by atoms with van der Waals surface area (Å²) in [5.41, 5.74) is 7.33. The number of aromatic nitrogens is 1. The Bertz CT molecular complexity index is 562. The fourth-order valence-corrected chi connectivity index (χ4v) is 2.22. The van der Waals surface area contributed by atoms with Gasteiger partial charge in [-0.05, 0) is 46.3 Å². The lowest BCUT2D eigenvalue weighted by molar-refractivity contribution is 0.406. The van der Waals surface area contributed by atoms with Gasteiger partial charge in [0.1, 0.15) is 11.6 Å². The second kappa shape index (κ2) is 5.46. The molecule has 2 N–H and O–H groups in total. The van der Waals surface area contributed by atoms with Crippen LogP contribution in [0.5, 0.6) is 5.75 Å². The maximum absolute atomic E-state index is 13.3. The molecule has 2 aromatic rings. The van der Waals surface area contributed by atoms with Gasteiger partial charge in [0.2, 0.25) is 0 Å². The molecule has 0 saturated carbocycles. The Hall–Kier alpha value is -1.46. The summed E-state index contributed by atoms with van der Waals surface area (Å²) >= 11 is 3.38. The molecule has 0 aliphatic heterocycles. The first-order chi connectivity index (χ1) is 8.63. The number of nitrogens with zero attached hydrogens (tertiary/aromatic N) is 1. The second-order valence-electron chi connectivity index (χ2n) is 3.73. The van der Waals surface area contributed by atoms with E-state index in [4.69, 9.17) is 10.5 Å². The molecule has 0 fully saturated rings. The Labute approximate surface area is 113 Å². The van der Waals surface area contributed by atoms with Crippen LogP contribution < -0.4 is 10.5 Å². The number of hydrogen-bond donors (Lipinski definition) is 1. The minimum Gasteiger partial charge on any atom is -0.496 e. The first-order valence-electron chi connectivity index (χ1n) is 5.33. The highest BCUT2D eigenvalue weighted by atomic mass is 79.9. The number of nitrogens with two attached hydrogens (primary N) is 1. The van der Waals surface area contributed by atoms with Crippen LogP contribution in [0.3, 0.4) is 0 Å². The van der Waals surface area contributed by atoms with Gasteiger partial charge < -0.3 is 10.5 Å². The minimum absolute atomic E-state index is 0.353. The molecule has 0 aliphatic carbocycles. The molecule has 0 bridgehead atoms. The molecule has 1 aromatic heterocycles. The molecular weight excluding hydrogens is 299 g/mol. The van der Waals surface area contributed by atoms with E-state index in [2.05, 4.69) is 20.9 Å². The van der Waals surface area contributed by atoms with E-state index >= 15 is 0 Å². The molecule has 0 aliphatic rings. The highest BCUT2D eigenvalue weighted by Crippen LogP contribution is 2.31. The lowest BCUT2D eigenvalue weighted by Gasteiger charge is -2.16. The summed E-state index contributed by atoms with van der Waals surface area (Å²) in [6.45, 7) is 0. The Balaban J connectivity index is 2.48. The number of hydrogen-bond acceptors (Lipinski definition) is 3. The number of ether oxygens (including phenoxy) is 1. The summed E-state index contributed by atoms with van der Waals surface area (Å²) in [6.07, 6.45) is 1.64. The second-order valence-corrected chi connectivity index (χ2v) is 4.59. The highest BCUT2D eigenvalue weighted by Gasteiger charge is 2.18. The first-order valence-corrected chi connectivity index (χ1v) is 6.12. The van der Waals surface area contributed by atoms with Crippen molar-refractivity contribution in [3.05, 3.63) is 58.1 Å². The van der Waals surface area contributed by atoms with Crippen LogP contribution in [0.15, 0.2) is 41.0 Å². The van der Waals surface area contributed by atoms with Gasteiger partial charge in [-0.1, -0.05) is 0 Å². The molecule has 1 heterocycles. The monoisotopic (exact) mass is 310 g/mol. The Morgan fingerprint density at radius 3 is 2.83 bits per heavy atom.